The molecule has 0 fully saturated rings. The van der Waals surface area contributed by atoms with Gasteiger partial charge in [-0.05, 0) is 17.1 Å². The van der Waals surface area contributed by atoms with Crippen LogP contribution in [0.1, 0.15) is 23.1 Å². The van der Waals surface area contributed by atoms with E-state index in [1.165, 1.54) is 5.56 Å². The third-order valence-corrected chi connectivity index (χ3v) is 4.82. The molecule has 4 rings (SSSR count). The summed E-state index contributed by atoms with van der Waals surface area (Å²) in [4.78, 5) is 8.58. The second kappa shape index (κ2) is 10.5. The van der Waals surface area contributed by atoms with Crippen LogP contribution in [-0.4, -0.2) is 24.3 Å². The number of pyridine rings is 1. The molecule has 2 heterocycles. The Kier molecular flexibility index (Phi) is 7.83. The molecule has 1 aromatic heterocycles. The minimum Gasteiger partial charge on any atom is -0.389 e. The predicted octanol–water partition coefficient (Wildman–Crippen LogP) is 3.89. The van der Waals surface area contributed by atoms with Gasteiger partial charge in [-0.3, -0.25) is 4.99 Å². The molecule has 1 aliphatic rings. The minimum atomic E-state index is 0. The van der Waals surface area contributed by atoms with E-state index in [4.69, 9.17) is 0 Å². The average molecular weight is 604 g/mol. The van der Waals surface area contributed by atoms with Gasteiger partial charge in [-0.25, -0.2) is 11.6 Å². The number of rotatable bonds is 6. The molecule has 0 aliphatic carbocycles. The quantitative estimate of drug-likeness (QED) is 0.420. The maximum Gasteiger partial charge on any atom is 2.00 e. The maximum atomic E-state index is 4.36. The summed E-state index contributed by atoms with van der Waals surface area (Å²) in [7, 11) is 1.93. The number of hydrogen-bond donors (Lipinski definition) is 2. The average Bonchev–Trinajstić information content (AvgIpc) is 2.77. The van der Waals surface area contributed by atoms with Gasteiger partial charge in [-0.2, -0.15) is 30.3 Å². The van der Waals surface area contributed by atoms with Crippen molar-refractivity contribution in [3.8, 4) is 0 Å². The minimum absolute atomic E-state index is 0. The van der Waals surface area contributed by atoms with Crippen molar-refractivity contribution in [3.05, 3.63) is 95.6 Å². The monoisotopic (exact) mass is 604 g/mol. The molecular weight excluding hydrogens is 582 g/mol. The smallest absolute Gasteiger partial charge is 0.389 e. The number of nitrogens with one attached hydrogen (secondary N) is 2. The zero-order valence-electron chi connectivity index (χ0n) is 16.3. The Balaban J connectivity index is 0.00000240. The molecule has 2 N–H and O–H groups in total. The first-order valence-electron chi connectivity index (χ1n) is 9.39. The van der Waals surface area contributed by atoms with Crippen LogP contribution in [0.5, 0.6) is 0 Å². The number of benzene rings is 2. The fraction of sp³-hybridized carbons (Fsp3) is 0.167. The van der Waals surface area contributed by atoms with E-state index in [1.54, 1.807) is 0 Å². The van der Waals surface area contributed by atoms with Crippen molar-refractivity contribution >= 4 is 23.1 Å². The molecule has 0 radical (unpaired) electrons. The van der Waals surface area contributed by atoms with Crippen molar-refractivity contribution in [2.45, 2.75) is 19.0 Å². The van der Waals surface area contributed by atoms with Gasteiger partial charge in [0, 0.05) is 44.3 Å². The van der Waals surface area contributed by atoms with Gasteiger partial charge in [0.05, 0.1) is 6.04 Å². The Hall–Kier alpha value is -2.19. The number of hydrogen-bond acceptors (Lipinski definition) is 4. The second-order valence-electron chi connectivity index (χ2n) is 6.68. The van der Waals surface area contributed by atoms with Crippen LogP contribution in [0.3, 0.4) is 0 Å². The molecule has 0 saturated heterocycles. The summed E-state index contributed by atoms with van der Waals surface area (Å²) in [6.07, 6.45) is 13.8. The van der Waals surface area contributed by atoms with E-state index in [0.717, 1.165) is 40.6 Å². The van der Waals surface area contributed by atoms with Gasteiger partial charge in [0.2, 0.25) is 0 Å². The Morgan fingerprint density at radius 3 is 3.00 bits per heavy atom. The fourth-order valence-corrected chi connectivity index (χ4v) is 3.28. The van der Waals surface area contributed by atoms with Crippen molar-refractivity contribution < 1.29 is 31.1 Å². The third kappa shape index (κ3) is 5.45. The molecular formula is C24H22N4U. The van der Waals surface area contributed by atoms with E-state index in [9.17, 15) is 0 Å². The van der Waals surface area contributed by atoms with E-state index in [0.29, 0.717) is 0 Å². The topological polar surface area (TPSA) is 49.3 Å². The van der Waals surface area contributed by atoms with Crippen molar-refractivity contribution in [1.82, 2.24) is 15.6 Å². The van der Waals surface area contributed by atoms with E-state index >= 15 is 0 Å². The molecule has 2 aromatic carbocycles. The molecule has 4 nitrogen and oxygen atoms in total. The van der Waals surface area contributed by atoms with Crippen molar-refractivity contribution in [2.24, 2.45) is 4.99 Å². The summed E-state index contributed by atoms with van der Waals surface area (Å²) in [5.41, 5.74) is 4.33. The molecule has 0 saturated carbocycles. The molecule has 142 valence electrons. The zero-order valence-corrected chi connectivity index (χ0v) is 20.5. The van der Waals surface area contributed by atoms with Crippen molar-refractivity contribution in [1.29, 1.82) is 0 Å². The largest absolute Gasteiger partial charge is 2.00 e. The first kappa shape index (κ1) is 21.5. The van der Waals surface area contributed by atoms with Gasteiger partial charge in [0.15, 0.2) is 0 Å². The molecule has 3 aromatic rings. The van der Waals surface area contributed by atoms with Crippen molar-refractivity contribution in [3.63, 3.8) is 0 Å². The molecule has 5 heteroatoms. The summed E-state index contributed by atoms with van der Waals surface area (Å²) < 4.78 is 0. The first-order valence-corrected chi connectivity index (χ1v) is 9.39. The van der Waals surface area contributed by atoms with E-state index < -0.39 is 0 Å². The van der Waals surface area contributed by atoms with Crippen molar-refractivity contribution in [2.75, 3.05) is 7.05 Å². The molecule has 1 atom stereocenters. The fourth-order valence-electron chi connectivity index (χ4n) is 3.28. The van der Waals surface area contributed by atoms with E-state index in [-0.39, 0.29) is 37.2 Å². The van der Waals surface area contributed by atoms with Gasteiger partial charge in [0.25, 0.3) is 0 Å². The van der Waals surface area contributed by atoms with Gasteiger partial charge < -0.3 is 15.6 Å². The van der Waals surface area contributed by atoms with Gasteiger partial charge >= 0.3 is 31.1 Å². The summed E-state index contributed by atoms with van der Waals surface area (Å²) in [5, 5.41) is 9.09. The summed E-state index contributed by atoms with van der Waals surface area (Å²) in [5.74, 6) is 0. The predicted molar refractivity (Wildman–Crippen MR) is 115 cm³/mol. The van der Waals surface area contributed by atoms with Crippen LogP contribution in [0.4, 0.5) is 0 Å². The number of fused-ring (bicyclic) bond motifs is 1. The molecule has 1 aliphatic heterocycles. The molecule has 0 amide bonds. The maximum absolute atomic E-state index is 4.36. The number of nitrogens with zero attached hydrogens (tertiary/aromatic N) is 2. The standard InChI is InChI=1S/C24H22N4.U/c1-25-24-17-26-12-11-23(24)28-14-19-8-10-21-16-27-15-20(22(21)13-19)9-7-18-5-3-2-4-6-18;/h2-5,7-8,10,12-13,15-17,23,25,28H,11,14H2,1H3;/q-2;+2. The molecule has 0 bridgehead atoms. The van der Waals surface area contributed by atoms with Gasteiger partial charge in [0.1, 0.15) is 0 Å². The van der Waals surface area contributed by atoms with Crippen LogP contribution in [0.25, 0.3) is 16.8 Å². The first-order chi connectivity index (χ1) is 13.8. The van der Waals surface area contributed by atoms with E-state index in [1.807, 2.05) is 62.2 Å². The Morgan fingerprint density at radius 1 is 1.24 bits per heavy atom. The normalized spacial score (nSPS) is 15.9. The van der Waals surface area contributed by atoms with Crippen LogP contribution in [-0.2, 0) is 6.54 Å². The van der Waals surface area contributed by atoms with Crippen LogP contribution in [0.2, 0.25) is 0 Å². The summed E-state index contributed by atoms with van der Waals surface area (Å²) >= 11 is 0. The molecule has 29 heavy (non-hydrogen) atoms. The van der Waals surface area contributed by atoms with Gasteiger partial charge in [-0.1, -0.05) is 23.6 Å². The summed E-state index contributed by atoms with van der Waals surface area (Å²) in [6, 6.07) is 17.8. The second-order valence-corrected chi connectivity index (χ2v) is 6.68. The van der Waals surface area contributed by atoms with Crippen LogP contribution >= 0.6 is 0 Å². The van der Waals surface area contributed by atoms with Crippen LogP contribution < -0.4 is 10.6 Å². The number of aliphatic imine (C=N–C) groups is 1. The number of likely N-dealkylation sites (N-methyl/N-ethyl adjacent to an activating group) is 1. The van der Waals surface area contributed by atoms with E-state index in [2.05, 4.69) is 51.0 Å². The summed E-state index contributed by atoms with van der Waals surface area (Å²) in [6.45, 7) is 0.783. The zero-order chi connectivity index (χ0) is 19.2. The van der Waals surface area contributed by atoms with Crippen LogP contribution in [0, 0.1) is 43.3 Å². The SMILES string of the molecule is CNC1=CN=CCC1NCc1ccc2cncc([C-]=Cc3[c-]cccc3)c2c1.[U+2]. The third-order valence-electron chi connectivity index (χ3n) is 4.82. The van der Waals surface area contributed by atoms with Gasteiger partial charge in [-0.15, -0.1) is 11.6 Å². The molecule has 0 spiro atoms. The number of aromatic nitrogens is 1. The molecule has 1 unspecified atom stereocenters. The Morgan fingerprint density at radius 2 is 2.17 bits per heavy atom. The Labute approximate surface area is 195 Å². The Bertz CT molecular complexity index is 1040. The van der Waals surface area contributed by atoms with Crippen LogP contribution in [0.15, 0.2) is 71.7 Å².